The van der Waals surface area contributed by atoms with Crippen molar-refractivity contribution in [2.45, 2.75) is 6.92 Å². The summed E-state index contributed by atoms with van der Waals surface area (Å²) in [5, 5.41) is 7.82. The van der Waals surface area contributed by atoms with Crippen LogP contribution in [0.25, 0.3) is 0 Å². The van der Waals surface area contributed by atoms with E-state index in [0.717, 1.165) is 10.2 Å². The summed E-state index contributed by atoms with van der Waals surface area (Å²) in [6.07, 6.45) is 0. The summed E-state index contributed by atoms with van der Waals surface area (Å²) in [5.41, 5.74) is 7.15. The Labute approximate surface area is 102 Å². The molecule has 1 aromatic heterocycles. The number of anilines is 1. The predicted molar refractivity (Wildman–Crippen MR) is 65.4 cm³/mol. The Morgan fingerprint density at radius 1 is 1.19 bits per heavy atom. The molecule has 2 rings (SSSR count). The second-order valence-corrected chi connectivity index (χ2v) is 4.16. The molecule has 0 saturated carbocycles. The molecule has 0 radical (unpaired) electrons. The van der Waals surface area contributed by atoms with Crippen LogP contribution in [0.15, 0.2) is 34.8 Å². The number of ether oxygens (including phenoxy) is 1. The SMILES string of the molecule is Cc1ccc(Oc2cc(N)ccc2Br)nn1. The van der Waals surface area contributed by atoms with E-state index < -0.39 is 0 Å². The maximum Gasteiger partial charge on any atom is 0.238 e. The Morgan fingerprint density at radius 3 is 2.69 bits per heavy atom. The Balaban J connectivity index is 2.26. The highest BCUT2D eigenvalue weighted by Crippen LogP contribution is 2.30. The first kappa shape index (κ1) is 10.9. The first-order valence-electron chi connectivity index (χ1n) is 4.68. The summed E-state index contributed by atoms with van der Waals surface area (Å²) in [5.74, 6) is 1.06. The molecule has 2 N–H and O–H groups in total. The average Bonchev–Trinajstić information content (AvgIpc) is 2.27. The fourth-order valence-electron chi connectivity index (χ4n) is 1.15. The van der Waals surface area contributed by atoms with Gasteiger partial charge in [-0.1, -0.05) is 0 Å². The van der Waals surface area contributed by atoms with E-state index in [1.807, 2.05) is 19.1 Å². The smallest absolute Gasteiger partial charge is 0.238 e. The van der Waals surface area contributed by atoms with Gasteiger partial charge < -0.3 is 10.5 Å². The van der Waals surface area contributed by atoms with Crippen LogP contribution in [0.2, 0.25) is 0 Å². The summed E-state index contributed by atoms with van der Waals surface area (Å²) >= 11 is 3.37. The van der Waals surface area contributed by atoms with Gasteiger partial charge in [-0.2, -0.15) is 5.10 Å². The van der Waals surface area contributed by atoms with Crippen LogP contribution in [0.4, 0.5) is 5.69 Å². The number of aromatic nitrogens is 2. The number of nitrogens with two attached hydrogens (primary N) is 1. The van der Waals surface area contributed by atoms with Crippen LogP contribution < -0.4 is 10.5 Å². The minimum Gasteiger partial charge on any atom is -0.436 e. The lowest BCUT2D eigenvalue weighted by atomic mass is 10.3. The number of nitrogens with zero attached hydrogens (tertiary/aromatic N) is 2. The van der Waals surface area contributed by atoms with Gasteiger partial charge in [-0.25, -0.2) is 0 Å². The van der Waals surface area contributed by atoms with Crippen LogP contribution >= 0.6 is 15.9 Å². The molecule has 0 spiro atoms. The molecule has 0 aliphatic rings. The van der Waals surface area contributed by atoms with Gasteiger partial charge in [0.2, 0.25) is 5.88 Å². The van der Waals surface area contributed by atoms with Gasteiger partial charge in [0.05, 0.1) is 10.2 Å². The second-order valence-electron chi connectivity index (χ2n) is 3.30. The van der Waals surface area contributed by atoms with Gasteiger partial charge in [-0.15, -0.1) is 5.10 Å². The van der Waals surface area contributed by atoms with Crippen molar-refractivity contribution >= 4 is 21.6 Å². The number of halogens is 1. The highest BCUT2D eigenvalue weighted by atomic mass is 79.9. The van der Waals surface area contributed by atoms with Gasteiger partial charge in [0.1, 0.15) is 5.75 Å². The van der Waals surface area contributed by atoms with Gasteiger partial charge in [-0.05, 0) is 41.1 Å². The molecular weight excluding hydrogens is 270 g/mol. The fraction of sp³-hybridized carbons (Fsp3) is 0.0909. The van der Waals surface area contributed by atoms with E-state index in [2.05, 4.69) is 26.1 Å². The number of aryl methyl sites for hydroxylation is 1. The van der Waals surface area contributed by atoms with E-state index >= 15 is 0 Å². The normalized spacial score (nSPS) is 10.1. The highest BCUT2D eigenvalue weighted by Gasteiger charge is 2.04. The second kappa shape index (κ2) is 4.49. The van der Waals surface area contributed by atoms with Crippen molar-refractivity contribution in [3.05, 3.63) is 40.5 Å². The third-order valence-corrected chi connectivity index (χ3v) is 2.60. The lowest BCUT2D eigenvalue weighted by molar-refractivity contribution is 0.452. The predicted octanol–water partition coefficient (Wildman–Crippen LogP) is 2.92. The maximum atomic E-state index is 5.67. The molecule has 2 aromatic rings. The minimum atomic E-state index is 0.442. The zero-order valence-electron chi connectivity index (χ0n) is 8.64. The molecule has 0 bridgehead atoms. The number of hydrogen-bond acceptors (Lipinski definition) is 4. The van der Waals surface area contributed by atoms with E-state index in [1.165, 1.54) is 0 Å². The van der Waals surface area contributed by atoms with Gasteiger partial charge in [0.25, 0.3) is 0 Å². The van der Waals surface area contributed by atoms with Crippen molar-refractivity contribution in [3.8, 4) is 11.6 Å². The molecule has 4 nitrogen and oxygen atoms in total. The largest absolute Gasteiger partial charge is 0.436 e. The minimum absolute atomic E-state index is 0.442. The topological polar surface area (TPSA) is 61.0 Å². The molecule has 0 aliphatic carbocycles. The van der Waals surface area contributed by atoms with Gasteiger partial charge in [-0.3, -0.25) is 0 Å². The lowest BCUT2D eigenvalue weighted by Crippen LogP contribution is -1.93. The van der Waals surface area contributed by atoms with Crippen molar-refractivity contribution in [2.75, 3.05) is 5.73 Å². The van der Waals surface area contributed by atoms with Crippen LogP contribution in [-0.2, 0) is 0 Å². The fourth-order valence-corrected chi connectivity index (χ4v) is 1.48. The van der Waals surface area contributed by atoms with E-state index in [1.54, 1.807) is 18.2 Å². The standard InChI is InChI=1S/C11H10BrN3O/c1-7-2-5-11(15-14-7)16-10-6-8(13)3-4-9(10)12/h2-6H,13H2,1H3. The Morgan fingerprint density at radius 2 is 2.00 bits per heavy atom. The van der Waals surface area contributed by atoms with Gasteiger partial charge in [0, 0.05) is 17.8 Å². The monoisotopic (exact) mass is 279 g/mol. The zero-order chi connectivity index (χ0) is 11.5. The Hall–Kier alpha value is -1.62. The van der Waals surface area contributed by atoms with Crippen molar-refractivity contribution in [1.29, 1.82) is 0 Å². The zero-order valence-corrected chi connectivity index (χ0v) is 10.2. The number of nitrogen functional groups attached to an aromatic ring is 1. The average molecular weight is 280 g/mol. The van der Waals surface area contributed by atoms with Crippen LogP contribution in [0.5, 0.6) is 11.6 Å². The Kier molecular flexibility index (Phi) is 3.05. The van der Waals surface area contributed by atoms with E-state index in [0.29, 0.717) is 17.3 Å². The van der Waals surface area contributed by atoms with Crippen LogP contribution in [0.3, 0.4) is 0 Å². The van der Waals surface area contributed by atoms with Gasteiger partial charge >= 0.3 is 0 Å². The number of rotatable bonds is 2. The number of hydrogen-bond donors (Lipinski definition) is 1. The lowest BCUT2D eigenvalue weighted by Gasteiger charge is -2.06. The summed E-state index contributed by atoms with van der Waals surface area (Å²) in [6, 6.07) is 8.94. The summed E-state index contributed by atoms with van der Waals surface area (Å²) in [7, 11) is 0. The molecule has 0 fully saturated rings. The maximum absolute atomic E-state index is 5.67. The van der Waals surface area contributed by atoms with Gasteiger partial charge in [0.15, 0.2) is 0 Å². The summed E-state index contributed by atoms with van der Waals surface area (Å²) in [4.78, 5) is 0. The third kappa shape index (κ3) is 2.49. The molecule has 0 amide bonds. The first-order chi connectivity index (χ1) is 7.65. The van der Waals surface area contributed by atoms with Crippen molar-refractivity contribution in [1.82, 2.24) is 10.2 Å². The molecule has 0 aliphatic heterocycles. The summed E-state index contributed by atoms with van der Waals surface area (Å²) in [6.45, 7) is 1.87. The van der Waals surface area contributed by atoms with Crippen molar-refractivity contribution in [3.63, 3.8) is 0 Å². The van der Waals surface area contributed by atoms with E-state index in [-0.39, 0.29) is 0 Å². The Bertz CT molecular complexity index is 499. The molecule has 16 heavy (non-hydrogen) atoms. The van der Waals surface area contributed by atoms with Crippen LogP contribution in [0, 0.1) is 6.92 Å². The quantitative estimate of drug-likeness (QED) is 0.859. The molecule has 1 aromatic carbocycles. The highest BCUT2D eigenvalue weighted by molar-refractivity contribution is 9.10. The van der Waals surface area contributed by atoms with E-state index in [4.69, 9.17) is 10.5 Å². The van der Waals surface area contributed by atoms with E-state index in [9.17, 15) is 0 Å². The summed E-state index contributed by atoms with van der Waals surface area (Å²) < 4.78 is 6.37. The molecule has 0 saturated heterocycles. The third-order valence-electron chi connectivity index (χ3n) is 1.94. The van der Waals surface area contributed by atoms with Crippen molar-refractivity contribution < 1.29 is 4.74 Å². The molecule has 1 heterocycles. The van der Waals surface area contributed by atoms with Crippen molar-refractivity contribution in [2.24, 2.45) is 0 Å². The van der Waals surface area contributed by atoms with Crippen LogP contribution in [-0.4, -0.2) is 10.2 Å². The molecular formula is C11H10BrN3O. The number of benzene rings is 1. The molecule has 82 valence electrons. The molecule has 0 unspecified atom stereocenters. The molecule has 5 heteroatoms. The molecule has 0 atom stereocenters. The van der Waals surface area contributed by atoms with Crippen LogP contribution in [0.1, 0.15) is 5.69 Å². The first-order valence-corrected chi connectivity index (χ1v) is 5.47.